The van der Waals surface area contributed by atoms with Gasteiger partial charge in [-0.3, -0.25) is 14.5 Å². The van der Waals surface area contributed by atoms with Gasteiger partial charge in [-0.25, -0.2) is 0 Å². The van der Waals surface area contributed by atoms with Gasteiger partial charge in [0.1, 0.15) is 12.4 Å². The van der Waals surface area contributed by atoms with Gasteiger partial charge in [-0.15, -0.1) is 0 Å². The van der Waals surface area contributed by atoms with Gasteiger partial charge in [-0.1, -0.05) is 146 Å². The fourth-order valence-electron chi connectivity index (χ4n) is 10.2. The number of aryl methyl sites for hydroxylation is 7. The maximum atomic E-state index is 12.0. The van der Waals surface area contributed by atoms with E-state index >= 15 is 0 Å². The molecule has 0 amide bonds. The standard InChI is InChI=1S/C69H73NO7/c1-10-75-68(71)44-70(45-69(72)76-11-2)32-33-73-34-35-74-36-37-77-60-24-16-53(17-25-60)61-26-18-54(38-47(61)4)55-20-28-64(49(6)40-55)65-30-22-58(42-51(65)8)59-23-31-67(52(9)43-59)66-29-21-57(41-50(66)7)56-19-27-63(48(5)39-56)62-15-13-12-14-46(62)3/h12-31,38-43H,10-11,32-37,44-45H2,1-9H3. The van der Waals surface area contributed by atoms with Crippen molar-refractivity contribution >= 4 is 11.9 Å². The van der Waals surface area contributed by atoms with E-state index in [2.05, 4.69) is 194 Å². The third-order valence-corrected chi connectivity index (χ3v) is 14.3. The molecule has 8 nitrogen and oxygen atoms in total. The number of hydrogen-bond acceptors (Lipinski definition) is 8. The minimum Gasteiger partial charge on any atom is -0.491 e. The van der Waals surface area contributed by atoms with E-state index in [-0.39, 0.29) is 26.3 Å². The Balaban J connectivity index is 0.824. The molecule has 0 saturated carbocycles. The second-order valence-electron chi connectivity index (χ2n) is 19.9. The third kappa shape index (κ3) is 14.3. The molecule has 0 aromatic heterocycles. The highest BCUT2D eigenvalue weighted by molar-refractivity contribution is 5.83. The molecular weight excluding hydrogens is 955 g/mol. The lowest BCUT2D eigenvalue weighted by Gasteiger charge is -2.20. The van der Waals surface area contributed by atoms with Crippen LogP contribution >= 0.6 is 0 Å². The topological polar surface area (TPSA) is 83.5 Å². The maximum absolute atomic E-state index is 12.0. The number of benzene rings is 8. The lowest BCUT2D eigenvalue weighted by Crippen LogP contribution is -2.38. The third-order valence-electron chi connectivity index (χ3n) is 14.3. The molecule has 8 aromatic rings. The van der Waals surface area contributed by atoms with Crippen LogP contribution in [0.1, 0.15) is 52.8 Å². The van der Waals surface area contributed by atoms with Crippen molar-refractivity contribution in [2.45, 2.75) is 62.3 Å². The summed E-state index contributed by atoms with van der Waals surface area (Å²) < 4.78 is 27.4. The molecule has 8 heteroatoms. The molecule has 0 heterocycles. The van der Waals surface area contributed by atoms with Crippen LogP contribution in [-0.2, 0) is 28.5 Å². The van der Waals surface area contributed by atoms with Crippen LogP contribution in [-0.4, -0.2) is 82.7 Å². The number of carbonyl (C=O) groups excluding carboxylic acids is 2. The average molecular weight is 1030 g/mol. The van der Waals surface area contributed by atoms with E-state index in [1.807, 2.05) is 12.1 Å². The van der Waals surface area contributed by atoms with Gasteiger partial charge in [-0.2, -0.15) is 0 Å². The zero-order chi connectivity index (χ0) is 54.4. The Bertz CT molecular complexity index is 3320. The van der Waals surface area contributed by atoms with Crippen molar-refractivity contribution in [1.29, 1.82) is 0 Å². The molecule has 0 unspecified atom stereocenters. The molecule has 0 bridgehead atoms. The zero-order valence-electron chi connectivity index (χ0n) is 46.4. The van der Waals surface area contributed by atoms with Gasteiger partial charge in [0.05, 0.1) is 52.7 Å². The van der Waals surface area contributed by atoms with E-state index in [1.54, 1.807) is 18.7 Å². The van der Waals surface area contributed by atoms with E-state index in [0.29, 0.717) is 39.6 Å². The van der Waals surface area contributed by atoms with Crippen LogP contribution in [0, 0.1) is 48.5 Å². The molecule has 0 aliphatic carbocycles. The van der Waals surface area contributed by atoms with Gasteiger partial charge in [0.2, 0.25) is 0 Å². The molecule has 0 fully saturated rings. The fraction of sp³-hybridized carbons (Fsp3) is 0.275. The molecule has 8 aromatic carbocycles. The first-order valence-electron chi connectivity index (χ1n) is 26.9. The molecule has 0 N–H and O–H groups in total. The fourth-order valence-corrected chi connectivity index (χ4v) is 10.2. The molecule has 0 atom stereocenters. The summed E-state index contributed by atoms with van der Waals surface area (Å²) >= 11 is 0. The summed E-state index contributed by atoms with van der Waals surface area (Å²) in [5.74, 6) is -0.0104. The van der Waals surface area contributed by atoms with Gasteiger partial charge in [0, 0.05) is 6.54 Å². The van der Waals surface area contributed by atoms with Gasteiger partial charge in [0.25, 0.3) is 0 Å². The second-order valence-corrected chi connectivity index (χ2v) is 19.9. The second kappa shape index (κ2) is 26.4. The average Bonchev–Trinajstić information content (AvgIpc) is 3.41. The minimum absolute atomic E-state index is 0.00692. The minimum atomic E-state index is -0.392. The Morgan fingerprint density at radius 1 is 0.351 bits per heavy atom. The smallest absolute Gasteiger partial charge is 0.320 e. The van der Waals surface area contributed by atoms with E-state index in [1.165, 1.54) is 111 Å². The Labute approximate surface area is 456 Å². The summed E-state index contributed by atoms with van der Waals surface area (Å²) in [5.41, 5.74) is 26.0. The lowest BCUT2D eigenvalue weighted by molar-refractivity contribution is -0.148. The van der Waals surface area contributed by atoms with Crippen LogP contribution in [0.4, 0.5) is 0 Å². The number of esters is 2. The summed E-state index contributed by atoms with van der Waals surface area (Å²) in [6, 6.07) is 57.8. The van der Waals surface area contributed by atoms with E-state index in [0.717, 1.165) is 11.3 Å². The summed E-state index contributed by atoms with van der Waals surface area (Å²) in [6.07, 6.45) is 0. The number of carbonyl (C=O) groups is 2. The molecule has 0 aliphatic rings. The molecule has 0 spiro atoms. The number of ether oxygens (including phenoxy) is 5. The van der Waals surface area contributed by atoms with Gasteiger partial charge < -0.3 is 23.7 Å². The van der Waals surface area contributed by atoms with Crippen molar-refractivity contribution in [3.05, 3.63) is 197 Å². The number of hydrogen-bond donors (Lipinski definition) is 0. The predicted octanol–water partition coefficient (Wildman–Crippen LogP) is 15.4. The Morgan fingerprint density at radius 2 is 0.675 bits per heavy atom. The first-order chi connectivity index (χ1) is 37.3. The molecule has 0 radical (unpaired) electrons. The molecule has 0 saturated heterocycles. The number of rotatable bonds is 23. The molecule has 77 heavy (non-hydrogen) atoms. The highest BCUT2D eigenvalue weighted by Gasteiger charge is 2.17. The van der Waals surface area contributed by atoms with E-state index in [4.69, 9.17) is 23.7 Å². The van der Waals surface area contributed by atoms with Crippen molar-refractivity contribution in [3.63, 3.8) is 0 Å². The normalized spacial score (nSPS) is 11.2. The first-order valence-corrected chi connectivity index (χ1v) is 26.9. The lowest BCUT2D eigenvalue weighted by atomic mass is 9.89. The molecule has 396 valence electrons. The summed E-state index contributed by atoms with van der Waals surface area (Å²) in [4.78, 5) is 25.6. The predicted molar refractivity (Wildman–Crippen MR) is 314 cm³/mol. The van der Waals surface area contributed by atoms with Crippen molar-refractivity contribution in [3.8, 4) is 83.6 Å². The van der Waals surface area contributed by atoms with Gasteiger partial charge in [0.15, 0.2) is 0 Å². The highest BCUT2D eigenvalue weighted by atomic mass is 16.5. The van der Waals surface area contributed by atoms with Crippen LogP contribution in [0.5, 0.6) is 5.75 Å². The van der Waals surface area contributed by atoms with E-state index < -0.39 is 11.9 Å². The van der Waals surface area contributed by atoms with Gasteiger partial charge in [-0.05, 0) is 191 Å². The van der Waals surface area contributed by atoms with Crippen LogP contribution in [0.2, 0.25) is 0 Å². The first kappa shape index (κ1) is 55.6. The zero-order valence-corrected chi connectivity index (χ0v) is 46.4. The highest BCUT2D eigenvalue weighted by Crippen LogP contribution is 2.38. The van der Waals surface area contributed by atoms with Crippen molar-refractivity contribution in [2.75, 3.05) is 65.9 Å². The van der Waals surface area contributed by atoms with Crippen molar-refractivity contribution in [1.82, 2.24) is 4.90 Å². The Kier molecular flexibility index (Phi) is 19.1. The maximum Gasteiger partial charge on any atom is 0.320 e. The Morgan fingerprint density at radius 3 is 1.04 bits per heavy atom. The van der Waals surface area contributed by atoms with Crippen LogP contribution in [0.25, 0.3) is 77.9 Å². The summed E-state index contributed by atoms with van der Waals surface area (Å²) in [5, 5.41) is 0. The van der Waals surface area contributed by atoms with Crippen molar-refractivity contribution < 1.29 is 33.3 Å². The molecular formula is C69H73NO7. The summed E-state index contributed by atoms with van der Waals surface area (Å²) in [6.45, 7) is 21.8. The van der Waals surface area contributed by atoms with Crippen LogP contribution in [0.3, 0.4) is 0 Å². The monoisotopic (exact) mass is 1030 g/mol. The number of nitrogens with zero attached hydrogens (tertiary/aromatic N) is 1. The summed E-state index contributed by atoms with van der Waals surface area (Å²) in [7, 11) is 0. The molecule has 0 aliphatic heterocycles. The largest absolute Gasteiger partial charge is 0.491 e. The van der Waals surface area contributed by atoms with Crippen LogP contribution < -0.4 is 4.74 Å². The van der Waals surface area contributed by atoms with Crippen molar-refractivity contribution in [2.24, 2.45) is 0 Å². The Hall–Kier alpha value is -7.62. The van der Waals surface area contributed by atoms with Crippen LogP contribution in [0.15, 0.2) is 158 Å². The SMILES string of the molecule is CCOC(=O)CN(CCOCCOCCOc1ccc(-c2ccc(-c3ccc(-c4ccc(-c5ccc(-c6ccc(-c7ccc(-c8ccccc8C)c(C)c7)cc6C)c(C)c5)cc4C)c(C)c3)cc2C)cc1)CC(=O)OCC. The quantitative estimate of drug-likeness (QED) is 0.0463. The van der Waals surface area contributed by atoms with Gasteiger partial charge >= 0.3 is 11.9 Å². The molecule has 8 rings (SSSR count). The van der Waals surface area contributed by atoms with E-state index in [9.17, 15) is 9.59 Å².